The van der Waals surface area contributed by atoms with E-state index in [-0.39, 0.29) is 0 Å². The van der Waals surface area contributed by atoms with E-state index in [0.717, 1.165) is 38.2 Å². The highest BCUT2D eigenvalue weighted by Gasteiger charge is 2.16. The summed E-state index contributed by atoms with van der Waals surface area (Å²) < 4.78 is 5.44. The molecule has 0 atom stereocenters. The van der Waals surface area contributed by atoms with Crippen LogP contribution >= 0.6 is 0 Å². The van der Waals surface area contributed by atoms with Gasteiger partial charge in [0.2, 0.25) is 0 Å². The zero-order chi connectivity index (χ0) is 11.9. The number of aryl methyl sites for hydroxylation is 1. The largest absolute Gasteiger partial charge is 0.379 e. The Kier molecular flexibility index (Phi) is 4.50. The second-order valence-electron chi connectivity index (χ2n) is 4.12. The molecule has 1 aromatic rings. The van der Waals surface area contributed by atoms with Gasteiger partial charge in [-0.05, 0) is 25.7 Å². The van der Waals surface area contributed by atoms with E-state index in [0.29, 0.717) is 6.61 Å². The second kappa shape index (κ2) is 6.35. The highest BCUT2D eigenvalue weighted by molar-refractivity contribution is 5.47. The standard InChI is InChI=1S/C13H19N3O/c1-2-3-8-17-9-7-14-13-11-5-4-6-12(11)15-10-16-13/h2,10H,1,3-9H2,(H,14,15,16). The van der Waals surface area contributed by atoms with E-state index in [4.69, 9.17) is 4.74 Å². The molecular formula is C13H19N3O. The molecule has 0 amide bonds. The normalized spacial score (nSPS) is 13.4. The van der Waals surface area contributed by atoms with Crippen molar-refractivity contribution in [2.45, 2.75) is 25.7 Å². The molecule has 17 heavy (non-hydrogen) atoms. The molecular weight excluding hydrogens is 214 g/mol. The zero-order valence-electron chi connectivity index (χ0n) is 10.1. The molecule has 0 spiro atoms. The fraction of sp³-hybridized carbons (Fsp3) is 0.538. The van der Waals surface area contributed by atoms with Crippen LogP contribution in [0.15, 0.2) is 19.0 Å². The van der Waals surface area contributed by atoms with Gasteiger partial charge in [0.15, 0.2) is 0 Å². The predicted octanol–water partition coefficient (Wildman–Crippen LogP) is 1.97. The van der Waals surface area contributed by atoms with Gasteiger partial charge >= 0.3 is 0 Å². The lowest BCUT2D eigenvalue weighted by Gasteiger charge is -2.09. The first kappa shape index (κ1) is 12.0. The van der Waals surface area contributed by atoms with Crippen molar-refractivity contribution in [3.05, 3.63) is 30.2 Å². The third-order valence-electron chi connectivity index (χ3n) is 2.88. The number of rotatable bonds is 7. The number of fused-ring (bicyclic) bond motifs is 1. The number of nitrogens with zero attached hydrogens (tertiary/aromatic N) is 2. The Morgan fingerprint density at radius 3 is 3.18 bits per heavy atom. The lowest BCUT2D eigenvalue weighted by Crippen LogP contribution is -2.12. The Balaban J connectivity index is 1.76. The molecule has 0 saturated carbocycles. The van der Waals surface area contributed by atoms with Crippen LogP contribution < -0.4 is 5.32 Å². The first-order valence-corrected chi connectivity index (χ1v) is 6.17. The number of anilines is 1. The average molecular weight is 233 g/mol. The maximum atomic E-state index is 5.44. The molecule has 0 fully saturated rings. The van der Waals surface area contributed by atoms with Crippen LogP contribution in [0.3, 0.4) is 0 Å². The van der Waals surface area contributed by atoms with Gasteiger partial charge in [-0.25, -0.2) is 9.97 Å². The van der Waals surface area contributed by atoms with Crippen LogP contribution in [0.1, 0.15) is 24.1 Å². The molecule has 1 aliphatic rings. The Morgan fingerprint density at radius 2 is 2.29 bits per heavy atom. The van der Waals surface area contributed by atoms with Crippen molar-refractivity contribution >= 4 is 5.82 Å². The summed E-state index contributed by atoms with van der Waals surface area (Å²) in [6.07, 6.45) is 7.79. The van der Waals surface area contributed by atoms with E-state index in [2.05, 4.69) is 21.9 Å². The molecule has 0 bridgehead atoms. The van der Waals surface area contributed by atoms with E-state index in [9.17, 15) is 0 Å². The lowest BCUT2D eigenvalue weighted by atomic mass is 10.2. The molecule has 0 saturated heterocycles. The Labute approximate surface area is 102 Å². The van der Waals surface area contributed by atoms with Crippen molar-refractivity contribution < 1.29 is 4.74 Å². The summed E-state index contributed by atoms with van der Waals surface area (Å²) in [6, 6.07) is 0. The molecule has 0 aliphatic heterocycles. The summed E-state index contributed by atoms with van der Waals surface area (Å²) in [7, 11) is 0. The predicted molar refractivity (Wildman–Crippen MR) is 68.2 cm³/mol. The molecule has 0 radical (unpaired) electrons. The van der Waals surface area contributed by atoms with Gasteiger partial charge in [0.25, 0.3) is 0 Å². The SMILES string of the molecule is C=CCCOCCNc1ncnc2c1CCC2. The Hall–Kier alpha value is -1.42. The van der Waals surface area contributed by atoms with Crippen molar-refractivity contribution in [3.63, 3.8) is 0 Å². The minimum Gasteiger partial charge on any atom is -0.379 e. The summed E-state index contributed by atoms with van der Waals surface area (Å²) in [5.41, 5.74) is 2.49. The number of nitrogens with one attached hydrogen (secondary N) is 1. The minimum absolute atomic E-state index is 0.701. The van der Waals surface area contributed by atoms with Gasteiger partial charge in [0.1, 0.15) is 12.1 Å². The Morgan fingerprint density at radius 1 is 1.35 bits per heavy atom. The second-order valence-corrected chi connectivity index (χ2v) is 4.12. The molecule has 0 unspecified atom stereocenters. The smallest absolute Gasteiger partial charge is 0.132 e. The first-order chi connectivity index (χ1) is 8.42. The highest BCUT2D eigenvalue weighted by Crippen LogP contribution is 2.24. The van der Waals surface area contributed by atoms with E-state index < -0.39 is 0 Å². The van der Waals surface area contributed by atoms with Gasteiger partial charge in [-0.2, -0.15) is 0 Å². The molecule has 4 nitrogen and oxygen atoms in total. The third kappa shape index (κ3) is 3.27. The molecule has 1 N–H and O–H groups in total. The van der Waals surface area contributed by atoms with E-state index in [1.54, 1.807) is 6.33 Å². The van der Waals surface area contributed by atoms with Gasteiger partial charge in [0, 0.05) is 17.8 Å². The van der Waals surface area contributed by atoms with Crippen molar-refractivity contribution in [1.29, 1.82) is 0 Å². The Bertz CT molecular complexity index is 379. The van der Waals surface area contributed by atoms with E-state index in [1.807, 2.05) is 6.08 Å². The summed E-state index contributed by atoms with van der Waals surface area (Å²) >= 11 is 0. The molecule has 92 valence electrons. The summed E-state index contributed by atoms with van der Waals surface area (Å²) in [4.78, 5) is 8.59. The first-order valence-electron chi connectivity index (χ1n) is 6.17. The summed E-state index contributed by atoms with van der Waals surface area (Å²) in [5, 5.41) is 3.32. The molecule has 4 heteroatoms. The maximum absolute atomic E-state index is 5.44. The number of aromatic nitrogens is 2. The third-order valence-corrected chi connectivity index (χ3v) is 2.88. The molecule has 2 rings (SSSR count). The van der Waals surface area contributed by atoms with E-state index >= 15 is 0 Å². The van der Waals surface area contributed by atoms with Crippen molar-refractivity contribution in [2.24, 2.45) is 0 Å². The van der Waals surface area contributed by atoms with Crippen LogP contribution in [0.25, 0.3) is 0 Å². The van der Waals surface area contributed by atoms with Crippen molar-refractivity contribution in [3.8, 4) is 0 Å². The van der Waals surface area contributed by atoms with Crippen molar-refractivity contribution in [1.82, 2.24) is 9.97 Å². The lowest BCUT2D eigenvalue weighted by molar-refractivity contribution is 0.149. The van der Waals surface area contributed by atoms with Crippen LogP contribution in [0.2, 0.25) is 0 Å². The number of ether oxygens (including phenoxy) is 1. The van der Waals surface area contributed by atoms with Gasteiger partial charge in [0.05, 0.1) is 13.2 Å². The van der Waals surface area contributed by atoms with Crippen LogP contribution in [-0.2, 0) is 17.6 Å². The molecule has 0 aromatic carbocycles. The van der Waals surface area contributed by atoms with Gasteiger partial charge in [-0.3, -0.25) is 0 Å². The monoisotopic (exact) mass is 233 g/mol. The highest BCUT2D eigenvalue weighted by atomic mass is 16.5. The molecule has 1 aliphatic carbocycles. The van der Waals surface area contributed by atoms with Gasteiger partial charge in [-0.15, -0.1) is 6.58 Å². The van der Waals surface area contributed by atoms with E-state index in [1.165, 1.54) is 17.7 Å². The van der Waals surface area contributed by atoms with Crippen LogP contribution in [0, 0.1) is 0 Å². The van der Waals surface area contributed by atoms with Gasteiger partial charge < -0.3 is 10.1 Å². The summed E-state index contributed by atoms with van der Waals surface area (Å²) in [6.45, 7) is 5.89. The fourth-order valence-corrected chi connectivity index (χ4v) is 2.02. The number of hydrogen-bond donors (Lipinski definition) is 1. The van der Waals surface area contributed by atoms with Crippen LogP contribution in [0.4, 0.5) is 5.82 Å². The number of hydrogen-bond acceptors (Lipinski definition) is 4. The minimum atomic E-state index is 0.701. The van der Waals surface area contributed by atoms with Crippen LogP contribution in [0.5, 0.6) is 0 Å². The van der Waals surface area contributed by atoms with Crippen molar-refractivity contribution in [2.75, 3.05) is 25.1 Å². The topological polar surface area (TPSA) is 47.0 Å². The van der Waals surface area contributed by atoms with Crippen LogP contribution in [-0.4, -0.2) is 29.7 Å². The molecule has 1 aromatic heterocycles. The zero-order valence-corrected chi connectivity index (χ0v) is 10.1. The fourth-order valence-electron chi connectivity index (χ4n) is 2.02. The average Bonchev–Trinajstić information content (AvgIpc) is 2.82. The summed E-state index contributed by atoms with van der Waals surface area (Å²) in [5.74, 6) is 0.986. The molecule has 1 heterocycles. The van der Waals surface area contributed by atoms with Gasteiger partial charge in [-0.1, -0.05) is 6.08 Å². The quantitative estimate of drug-likeness (QED) is 0.578. The maximum Gasteiger partial charge on any atom is 0.132 e.